The lowest BCUT2D eigenvalue weighted by molar-refractivity contribution is 0.0667. The van der Waals surface area contributed by atoms with Crippen LogP contribution >= 0.6 is 15.9 Å². The number of hydrogen-bond acceptors (Lipinski definition) is 2. The van der Waals surface area contributed by atoms with Crippen LogP contribution < -0.4 is 0 Å². The van der Waals surface area contributed by atoms with E-state index < -0.39 is 0 Å². The fourth-order valence-electron chi connectivity index (χ4n) is 2.04. The first-order chi connectivity index (χ1) is 7.25. The summed E-state index contributed by atoms with van der Waals surface area (Å²) in [5, 5.41) is 9.57. The van der Waals surface area contributed by atoms with Gasteiger partial charge in [0.1, 0.15) is 0 Å². The minimum atomic E-state index is -0.138. The summed E-state index contributed by atoms with van der Waals surface area (Å²) < 4.78 is 1.16. The van der Waals surface area contributed by atoms with E-state index in [2.05, 4.69) is 39.0 Å². The van der Waals surface area contributed by atoms with E-state index in [0.29, 0.717) is 0 Å². The highest BCUT2D eigenvalue weighted by Crippen LogP contribution is 2.20. The number of hydrogen-bond donors (Lipinski definition) is 1. The number of aliphatic hydroxyl groups is 1. The van der Waals surface area contributed by atoms with Gasteiger partial charge in [0.25, 0.3) is 0 Å². The van der Waals surface area contributed by atoms with Crippen LogP contribution in [0.5, 0.6) is 0 Å². The normalized spacial score (nSPS) is 22.9. The van der Waals surface area contributed by atoms with E-state index in [9.17, 15) is 5.11 Å². The molecule has 1 fully saturated rings. The topological polar surface area (TPSA) is 23.5 Å². The lowest BCUT2D eigenvalue weighted by atomic mass is 10.1. The molecular formula is C12H16BrNO. The molecule has 1 aliphatic rings. The molecule has 0 spiro atoms. The van der Waals surface area contributed by atoms with E-state index in [1.54, 1.807) is 0 Å². The molecule has 1 atom stereocenters. The Morgan fingerprint density at radius 3 is 2.93 bits per heavy atom. The van der Waals surface area contributed by atoms with Crippen LogP contribution in [0.4, 0.5) is 0 Å². The van der Waals surface area contributed by atoms with Crippen molar-refractivity contribution in [1.29, 1.82) is 0 Å². The average Bonchev–Trinajstić information content (AvgIpc) is 2.22. The quantitative estimate of drug-likeness (QED) is 0.892. The molecule has 2 rings (SSSR count). The molecule has 1 saturated heterocycles. The first-order valence-electron chi connectivity index (χ1n) is 5.39. The summed E-state index contributed by atoms with van der Waals surface area (Å²) in [6.45, 7) is 2.83. The maximum atomic E-state index is 9.57. The molecule has 15 heavy (non-hydrogen) atoms. The van der Waals surface area contributed by atoms with Crippen LogP contribution in [-0.4, -0.2) is 29.2 Å². The summed E-state index contributed by atoms with van der Waals surface area (Å²) in [6.07, 6.45) is 1.92. The Bertz CT molecular complexity index is 329. The Morgan fingerprint density at radius 2 is 2.20 bits per heavy atom. The smallest absolute Gasteiger partial charge is 0.0667 e. The molecule has 0 amide bonds. The highest BCUT2D eigenvalue weighted by atomic mass is 79.9. The van der Waals surface area contributed by atoms with Crippen LogP contribution in [0.15, 0.2) is 28.7 Å². The number of aliphatic hydroxyl groups excluding tert-OH is 1. The van der Waals surface area contributed by atoms with Gasteiger partial charge in [-0.1, -0.05) is 34.1 Å². The van der Waals surface area contributed by atoms with Crippen molar-refractivity contribution in [3.63, 3.8) is 0 Å². The Hall–Kier alpha value is -0.380. The van der Waals surface area contributed by atoms with Gasteiger partial charge in [-0.2, -0.15) is 0 Å². The van der Waals surface area contributed by atoms with Gasteiger partial charge < -0.3 is 5.11 Å². The average molecular weight is 270 g/mol. The molecule has 1 aromatic rings. The van der Waals surface area contributed by atoms with E-state index in [0.717, 1.165) is 36.9 Å². The lowest BCUT2D eigenvalue weighted by Gasteiger charge is -2.30. The van der Waals surface area contributed by atoms with Crippen molar-refractivity contribution >= 4 is 15.9 Å². The monoisotopic (exact) mass is 269 g/mol. The van der Waals surface area contributed by atoms with Crippen molar-refractivity contribution in [3.05, 3.63) is 34.3 Å². The molecule has 0 aliphatic carbocycles. The van der Waals surface area contributed by atoms with E-state index in [-0.39, 0.29) is 6.10 Å². The number of benzene rings is 1. The lowest BCUT2D eigenvalue weighted by Crippen LogP contribution is -2.37. The summed E-state index contributed by atoms with van der Waals surface area (Å²) in [5.74, 6) is 0. The van der Waals surface area contributed by atoms with Crippen molar-refractivity contribution in [2.45, 2.75) is 25.5 Å². The SMILES string of the molecule is O[C@@H]1CCCN(Cc2ccccc2Br)C1. The molecule has 2 nitrogen and oxygen atoms in total. The number of piperidine rings is 1. The molecule has 0 bridgehead atoms. The van der Waals surface area contributed by atoms with Gasteiger partial charge in [0.15, 0.2) is 0 Å². The predicted molar refractivity (Wildman–Crippen MR) is 64.7 cm³/mol. The predicted octanol–water partition coefficient (Wildman–Crippen LogP) is 2.41. The summed E-state index contributed by atoms with van der Waals surface area (Å²) in [5.41, 5.74) is 1.30. The van der Waals surface area contributed by atoms with E-state index in [1.165, 1.54) is 5.56 Å². The fourth-order valence-corrected chi connectivity index (χ4v) is 2.45. The Morgan fingerprint density at radius 1 is 1.40 bits per heavy atom. The second-order valence-electron chi connectivity index (χ2n) is 4.12. The molecule has 82 valence electrons. The number of nitrogens with zero attached hydrogens (tertiary/aromatic N) is 1. The highest BCUT2D eigenvalue weighted by molar-refractivity contribution is 9.10. The van der Waals surface area contributed by atoms with Gasteiger partial charge >= 0.3 is 0 Å². The first-order valence-corrected chi connectivity index (χ1v) is 6.19. The maximum absolute atomic E-state index is 9.57. The Balaban J connectivity index is 1.99. The third kappa shape index (κ3) is 3.03. The van der Waals surface area contributed by atoms with Gasteiger partial charge in [-0.05, 0) is 31.0 Å². The van der Waals surface area contributed by atoms with Crippen LogP contribution in [0.1, 0.15) is 18.4 Å². The van der Waals surface area contributed by atoms with Crippen LogP contribution in [-0.2, 0) is 6.54 Å². The van der Waals surface area contributed by atoms with Gasteiger partial charge in [-0.25, -0.2) is 0 Å². The van der Waals surface area contributed by atoms with Crippen LogP contribution in [0.2, 0.25) is 0 Å². The standard InChI is InChI=1S/C12H16BrNO/c13-12-6-2-1-4-10(12)8-14-7-3-5-11(15)9-14/h1-2,4,6,11,15H,3,5,7-9H2/t11-/m1/s1. The first kappa shape index (κ1) is 11.1. The van der Waals surface area contributed by atoms with Gasteiger partial charge in [-0.3, -0.25) is 4.90 Å². The van der Waals surface area contributed by atoms with Crippen LogP contribution in [0.3, 0.4) is 0 Å². The number of rotatable bonds is 2. The molecule has 0 aromatic heterocycles. The summed E-state index contributed by atoms with van der Waals surface area (Å²) >= 11 is 3.55. The van der Waals surface area contributed by atoms with Crippen molar-refractivity contribution in [1.82, 2.24) is 4.90 Å². The molecule has 1 heterocycles. The van der Waals surface area contributed by atoms with Crippen molar-refractivity contribution < 1.29 is 5.11 Å². The zero-order valence-electron chi connectivity index (χ0n) is 8.69. The minimum absolute atomic E-state index is 0.138. The Kier molecular flexibility index (Phi) is 3.78. The van der Waals surface area contributed by atoms with Crippen molar-refractivity contribution in [2.24, 2.45) is 0 Å². The van der Waals surface area contributed by atoms with Gasteiger partial charge in [0.05, 0.1) is 6.10 Å². The highest BCUT2D eigenvalue weighted by Gasteiger charge is 2.17. The largest absolute Gasteiger partial charge is 0.392 e. The molecule has 1 N–H and O–H groups in total. The molecule has 3 heteroatoms. The molecule has 0 saturated carbocycles. The second kappa shape index (κ2) is 5.10. The zero-order valence-corrected chi connectivity index (χ0v) is 10.3. The van der Waals surface area contributed by atoms with Crippen LogP contribution in [0, 0.1) is 0 Å². The van der Waals surface area contributed by atoms with Crippen LogP contribution in [0.25, 0.3) is 0 Å². The Labute approximate surface area is 99.0 Å². The van der Waals surface area contributed by atoms with Crippen molar-refractivity contribution in [3.8, 4) is 0 Å². The summed E-state index contributed by atoms with van der Waals surface area (Å²) in [7, 11) is 0. The minimum Gasteiger partial charge on any atom is -0.392 e. The van der Waals surface area contributed by atoms with E-state index in [1.807, 2.05) is 6.07 Å². The van der Waals surface area contributed by atoms with Gasteiger partial charge in [0, 0.05) is 17.6 Å². The third-order valence-electron chi connectivity index (χ3n) is 2.83. The van der Waals surface area contributed by atoms with E-state index >= 15 is 0 Å². The fraction of sp³-hybridized carbons (Fsp3) is 0.500. The number of β-amino-alcohol motifs (C(OH)–C–C–N with tert-alkyl or cyclic N) is 1. The van der Waals surface area contributed by atoms with E-state index in [4.69, 9.17) is 0 Å². The molecule has 0 unspecified atom stereocenters. The van der Waals surface area contributed by atoms with Gasteiger partial charge in [0.2, 0.25) is 0 Å². The molecule has 0 radical (unpaired) electrons. The number of halogens is 1. The molecular weight excluding hydrogens is 254 g/mol. The summed E-state index contributed by atoms with van der Waals surface area (Å²) in [6, 6.07) is 8.28. The number of likely N-dealkylation sites (tertiary alicyclic amines) is 1. The zero-order chi connectivity index (χ0) is 10.7. The van der Waals surface area contributed by atoms with Gasteiger partial charge in [-0.15, -0.1) is 0 Å². The molecule has 1 aliphatic heterocycles. The summed E-state index contributed by atoms with van der Waals surface area (Å²) in [4.78, 5) is 2.31. The molecule has 1 aromatic carbocycles. The maximum Gasteiger partial charge on any atom is 0.0667 e. The second-order valence-corrected chi connectivity index (χ2v) is 4.98. The third-order valence-corrected chi connectivity index (χ3v) is 3.61. The van der Waals surface area contributed by atoms with Crippen molar-refractivity contribution in [2.75, 3.05) is 13.1 Å².